The van der Waals surface area contributed by atoms with Gasteiger partial charge in [-0.25, -0.2) is 9.78 Å². The van der Waals surface area contributed by atoms with Gasteiger partial charge >= 0.3 is 6.09 Å². The first-order chi connectivity index (χ1) is 13.7. The molecule has 0 bridgehead atoms. The van der Waals surface area contributed by atoms with Crippen LogP contribution in [-0.2, 0) is 24.0 Å². The number of rotatable bonds is 6. The number of nitrogens with one attached hydrogen (secondary N) is 1. The fourth-order valence-electron chi connectivity index (χ4n) is 3.67. The van der Waals surface area contributed by atoms with E-state index in [1.54, 1.807) is 4.90 Å². The van der Waals surface area contributed by atoms with Gasteiger partial charge in [0.25, 0.3) is 0 Å². The first kappa shape index (κ1) is 20.9. The predicted octanol–water partition coefficient (Wildman–Crippen LogP) is 2.69. The number of fused-ring (bicyclic) bond motifs is 1. The van der Waals surface area contributed by atoms with Crippen molar-refractivity contribution in [2.75, 3.05) is 45.9 Å². The Morgan fingerprint density at radius 1 is 1.18 bits per heavy atom. The average molecular weight is 408 g/mol. The SMILES string of the molecule is CCNC(=NCCCc1nc2c(s1)CCCC2)N1CCN(C(=O)OCC)CC1. The van der Waals surface area contributed by atoms with E-state index in [1.807, 2.05) is 18.3 Å². The number of ether oxygens (including phenoxy) is 1. The van der Waals surface area contributed by atoms with E-state index < -0.39 is 0 Å². The molecule has 8 heteroatoms. The molecule has 156 valence electrons. The molecule has 28 heavy (non-hydrogen) atoms. The predicted molar refractivity (Wildman–Crippen MR) is 113 cm³/mol. The number of carbonyl (C=O) groups excluding carboxylic acids is 1. The highest BCUT2D eigenvalue weighted by Gasteiger charge is 2.23. The third kappa shape index (κ3) is 5.59. The number of carbonyl (C=O) groups is 1. The molecule has 1 N–H and O–H groups in total. The summed E-state index contributed by atoms with van der Waals surface area (Å²) in [7, 11) is 0. The molecule has 0 saturated carbocycles. The maximum absolute atomic E-state index is 11.9. The minimum absolute atomic E-state index is 0.213. The van der Waals surface area contributed by atoms with Gasteiger partial charge in [-0.05, 0) is 46.0 Å². The summed E-state index contributed by atoms with van der Waals surface area (Å²) in [5.74, 6) is 0.949. The lowest BCUT2D eigenvalue weighted by Gasteiger charge is -2.35. The van der Waals surface area contributed by atoms with Crippen LogP contribution in [0.5, 0.6) is 0 Å². The quantitative estimate of drug-likeness (QED) is 0.446. The highest BCUT2D eigenvalue weighted by molar-refractivity contribution is 7.11. The Morgan fingerprint density at radius 2 is 1.93 bits per heavy atom. The van der Waals surface area contributed by atoms with Crippen LogP contribution < -0.4 is 5.32 Å². The standard InChI is InChI=1S/C20H33N5O2S/c1-3-21-19(24-12-14-25(15-13-24)20(26)27-4-2)22-11-7-10-18-23-16-8-5-6-9-17(16)28-18/h3-15H2,1-2H3,(H,21,22). The number of nitrogens with zero attached hydrogens (tertiary/aromatic N) is 4. The largest absolute Gasteiger partial charge is 0.450 e. The normalized spacial score (nSPS) is 17.4. The second-order valence-electron chi connectivity index (χ2n) is 7.20. The van der Waals surface area contributed by atoms with Crippen LogP contribution in [0.4, 0.5) is 4.79 Å². The van der Waals surface area contributed by atoms with E-state index >= 15 is 0 Å². The highest BCUT2D eigenvalue weighted by atomic mass is 32.1. The highest BCUT2D eigenvalue weighted by Crippen LogP contribution is 2.27. The molecule has 0 atom stereocenters. The number of hydrogen-bond acceptors (Lipinski definition) is 5. The molecule has 1 aromatic heterocycles. The van der Waals surface area contributed by atoms with E-state index in [-0.39, 0.29) is 6.09 Å². The van der Waals surface area contributed by atoms with E-state index in [0.717, 1.165) is 51.4 Å². The molecular formula is C20H33N5O2S. The molecule has 2 heterocycles. The molecule has 0 aromatic carbocycles. The number of aromatic nitrogens is 1. The second-order valence-corrected chi connectivity index (χ2v) is 8.36. The molecule has 0 radical (unpaired) electrons. The van der Waals surface area contributed by atoms with Gasteiger partial charge in [-0.15, -0.1) is 11.3 Å². The van der Waals surface area contributed by atoms with E-state index in [4.69, 9.17) is 14.7 Å². The van der Waals surface area contributed by atoms with Crippen molar-refractivity contribution in [3.05, 3.63) is 15.6 Å². The van der Waals surface area contributed by atoms with Crippen molar-refractivity contribution in [1.29, 1.82) is 0 Å². The zero-order chi connectivity index (χ0) is 19.8. The van der Waals surface area contributed by atoms with Crippen LogP contribution in [0.1, 0.15) is 48.7 Å². The zero-order valence-electron chi connectivity index (χ0n) is 17.2. The van der Waals surface area contributed by atoms with Crippen molar-refractivity contribution in [3.8, 4) is 0 Å². The summed E-state index contributed by atoms with van der Waals surface area (Å²) < 4.78 is 5.09. The Hall–Kier alpha value is -1.83. The van der Waals surface area contributed by atoms with E-state index in [0.29, 0.717) is 19.7 Å². The third-order valence-electron chi connectivity index (χ3n) is 5.14. The molecule has 1 amide bonds. The molecule has 1 aromatic rings. The first-order valence-electron chi connectivity index (χ1n) is 10.6. The molecular weight excluding hydrogens is 374 g/mol. The maximum atomic E-state index is 11.9. The second kappa shape index (κ2) is 10.6. The summed E-state index contributed by atoms with van der Waals surface area (Å²) >= 11 is 1.90. The van der Waals surface area contributed by atoms with Crippen LogP contribution in [0.3, 0.4) is 0 Å². The van der Waals surface area contributed by atoms with E-state index in [9.17, 15) is 4.79 Å². The number of aryl methyl sites for hydroxylation is 3. The minimum Gasteiger partial charge on any atom is -0.450 e. The average Bonchev–Trinajstić information content (AvgIpc) is 3.13. The summed E-state index contributed by atoms with van der Waals surface area (Å²) in [4.78, 5) is 27.0. The van der Waals surface area contributed by atoms with Crippen LogP contribution >= 0.6 is 11.3 Å². The van der Waals surface area contributed by atoms with Gasteiger partial charge in [0.1, 0.15) is 0 Å². The lowest BCUT2D eigenvalue weighted by Crippen LogP contribution is -2.53. The van der Waals surface area contributed by atoms with Gasteiger partial charge in [0.15, 0.2) is 5.96 Å². The molecule has 1 fully saturated rings. The molecule has 3 rings (SSSR count). The fourth-order valence-corrected chi connectivity index (χ4v) is 4.87. The lowest BCUT2D eigenvalue weighted by molar-refractivity contribution is 0.0914. The summed E-state index contributed by atoms with van der Waals surface area (Å²) in [5, 5.41) is 4.66. The van der Waals surface area contributed by atoms with Crippen LogP contribution in [-0.4, -0.2) is 72.7 Å². The maximum Gasteiger partial charge on any atom is 0.409 e. The van der Waals surface area contributed by atoms with Gasteiger partial charge in [-0.2, -0.15) is 0 Å². The summed E-state index contributed by atoms with van der Waals surface area (Å²) in [5.41, 5.74) is 1.35. The Kier molecular flexibility index (Phi) is 7.94. The Balaban J connectivity index is 1.46. The van der Waals surface area contributed by atoms with Gasteiger partial charge in [-0.3, -0.25) is 4.99 Å². The van der Waals surface area contributed by atoms with E-state index in [1.165, 1.54) is 34.8 Å². The molecule has 0 unspecified atom stereocenters. The fraction of sp³-hybridized carbons (Fsp3) is 0.750. The van der Waals surface area contributed by atoms with Gasteiger partial charge in [0.2, 0.25) is 0 Å². The minimum atomic E-state index is -0.213. The number of aliphatic imine (C=N–C) groups is 1. The topological polar surface area (TPSA) is 70.1 Å². The van der Waals surface area contributed by atoms with Gasteiger partial charge < -0.3 is 19.9 Å². The molecule has 7 nitrogen and oxygen atoms in total. The van der Waals surface area contributed by atoms with Gasteiger partial charge in [0.05, 0.1) is 17.3 Å². The van der Waals surface area contributed by atoms with Crippen LogP contribution in [0.2, 0.25) is 0 Å². The monoisotopic (exact) mass is 407 g/mol. The number of piperazine rings is 1. The third-order valence-corrected chi connectivity index (χ3v) is 6.36. The zero-order valence-corrected chi connectivity index (χ0v) is 18.0. The number of guanidine groups is 1. The van der Waals surface area contributed by atoms with Crippen LogP contribution in [0.25, 0.3) is 0 Å². The van der Waals surface area contributed by atoms with Crippen molar-refractivity contribution < 1.29 is 9.53 Å². The molecule has 0 spiro atoms. The van der Waals surface area contributed by atoms with Gasteiger partial charge in [0, 0.05) is 50.6 Å². The van der Waals surface area contributed by atoms with Crippen molar-refractivity contribution in [2.24, 2.45) is 4.99 Å². The van der Waals surface area contributed by atoms with Crippen LogP contribution in [0.15, 0.2) is 4.99 Å². The summed E-state index contributed by atoms with van der Waals surface area (Å²) in [6.45, 7) is 8.90. The number of hydrogen-bond donors (Lipinski definition) is 1. The molecule has 1 aliphatic heterocycles. The summed E-state index contributed by atoms with van der Waals surface area (Å²) in [6, 6.07) is 0. The Bertz CT molecular complexity index is 644. The molecule has 2 aliphatic rings. The van der Waals surface area contributed by atoms with Crippen molar-refractivity contribution >= 4 is 23.4 Å². The lowest BCUT2D eigenvalue weighted by atomic mass is 10.0. The van der Waals surface area contributed by atoms with E-state index in [2.05, 4.69) is 17.1 Å². The summed E-state index contributed by atoms with van der Waals surface area (Å²) in [6.07, 6.45) is 6.79. The first-order valence-corrected chi connectivity index (χ1v) is 11.4. The smallest absolute Gasteiger partial charge is 0.409 e. The van der Waals surface area contributed by atoms with Crippen molar-refractivity contribution in [1.82, 2.24) is 20.1 Å². The van der Waals surface area contributed by atoms with Crippen LogP contribution in [0, 0.1) is 0 Å². The number of amides is 1. The Labute approximate surface area is 172 Å². The Morgan fingerprint density at radius 3 is 2.64 bits per heavy atom. The van der Waals surface area contributed by atoms with Crippen molar-refractivity contribution in [2.45, 2.75) is 52.4 Å². The number of thiazole rings is 1. The molecule has 1 aliphatic carbocycles. The molecule has 1 saturated heterocycles. The van der Waals surface area contributed by atoms with Crippen molar-refractivity contribution in [3.63, 3.8) is 0 Å². The van der Waals surface area contributed by atoms with Gasteiger partial charge in [-0.1, -0.05) is 0 Å².